The van der Waals surface area contributed by atoms with E-state index >= 15 is 0 Å². The molecule has 4 heteroatoms. The van der Waals surface area contributed by atoms with Crippen molar-refractivity contribution in [3.63, 3.8) is 0 Å². The van der Waals surface area contributed by atoms with Crippen LogP contribution >= 0.6 is 0 Å². The minimum absolute atomic E-state index is 0.298. The third-order valence-electron chi connectivity index (χ3n) is 1.59. The number of furan rings is 1. The van der Waals surface area contributed by atoms with Gasteiger partial charge in [0.25, 0.3) is 0 Å². The largest absolute Gasteiger partial charge is 0.469 e. The van der Waals surface area contributed by atoms with Gasteiger partial charge in [-0.25, -0.2) is 0 Å². The summed E-state index contributed by atoms with van der Waals surface area (Å²) in [4.78, 5) is 0. The normalized spacial score (nSPS) is 12.5. The smallest absolute Gasteiger partial charge is 0.419 e. The van der Waals surface area contributed by atoms with Crippen molar-refractivity contribution < 1.29 is 17.6 Å². The van der Waals surface area contributed by atoms with Crippen LogP contribution in [0.2, 0.25) is 0 Å². The second kappa shape index (κ2) is 3.44. The molecule has 0 aromatic carbocycles. The zero-order valence-corrected chi connectivity index (χ0v) is 7.48. The summed E-state index contributed by atoms with van der Waals surface area (Å²) in [6, 6.07) is 1.06. The minimum atomic E-state index is -4.29. The van der Waals surface area contributed by atoms with Gasteiger partial charge in [0.15, 0.2) is 0 Å². The van der Waals surface area contributed by atoms with Gasteiger partial charge in [-0.3, -0.25) is 0 Å². The van der Waals surface area contributed by atoms with E-state index < -0.39 is 11.7 Å². The molecule has 0 unspecified atom stereocenters. The molecule has 0 fully saturated rings. The van der Waals surface area contributed by atoms with E-state index in [1.165, 1.54) is 0 Å². The minimum Gasteiger partial charge on any atom is -0.469 e. The van der Waals surface area contributed by atoms with Crippen molar-refractivity contribution in [3.8, 4) is 0 Å². The quantitative estimate of drug-likeness (QED) is 0.698. The van der Waals surface area contributed by atoms with Crippen LogP contribution in [0.25, 0.3) is 0 Å². The fourth-order valence-electron chi connectivity index (χ4n) is 1.04. The SMILES string of the molecule is CC(C)Cc1cc(C(F)(F)F)co1. The molecule has 0 amide bonds. The summed E-state index contributed by atoms with van der Waals surface area (Å²) in [5.74, 6) is 0.689. The Morgan fingerprint density at radius 2 is 2.00 bits per heavy atom. The molecular formula is C9H11F3O. The molecule has 0 saturated heterocycles. The molecule has 1 aromatic heterocycles. The van der Waals surface area contributed by atoms with E-state index in [2.05, 4.69) is 0 Å². The first-order chi connectivity index (χ1) is 5.89. The Hall–Kier alpha value is -0.930. The van der Waals surface area contributed by atoms with Crippen molar-refractivity contribution in [2.75, 3.05) is 0 Å². The summed E-state index contributed by atoms with van der Waals surface area (Å²) in [5, 5.41) is 0. The van der Waals surface area contributed by atoms with Crippen molar-refractivity contribution in [1.29, 1.82) is 0 Å². The number of rotatable bonds is 2. The standard InChI is InChI=1S/C9H11F3O/c1-6(2)3-8-4-7(5-13-8)9(10,11)12/h4-6H,3H2,1-2H3. The summed E-state index contributed by atoms with van der Waals surface area (Å²) in [5.41, 5.74) is -0.705. The van der Waals surface area contributed by atoms with Crippen LogP contribution in [0.1, 0.15) is 25.2 Å². The average molecular weight is 192 g/mol. The molecule has 0 atom stereocenters. The van der Waals surface area contributed by atoms with E-state index in [9.17, 15) is 13.2 Å². The maximum atomic E-state index is 12.1. The van der Waals surface area contributed by atoms with Gasteiger partial charge < -0.3 is 4.42 Å². The van der Waals surface area contributed by atoms with Crippen LogP contribution in [0.4, 0.5) is 13.2 Å². The topological polar surface area (TPSA) is 13.1 Å². The lowest BCUT2D eigenvalue weighted by Crippen LogP contribution is -2.02. The van der Waals surface area contributed by atoms with Gasteiger partial charge in [0.1, 0.15) is 12.0 Å². The first-order valence-electron chi connectivity index (χ1n) is 4.04. The molecule has 0 bridgehead atoms. The van der Waals surface area contributed by atoms with Crippen molar-refractivity contribution in [3.05, 3.63) is 23.7 Å². The van der Waals surface area contributed by atoms with Crippen molar-refractivity contribution >= 4 is 0 Å². The molecule has 1 rings (SSSR count). The lowest BCUT2D eigenvalue weighted by molar-refractivity contribution is -0.137. The predicted molar refractivity (Wildman–Crippen MR) is 42.3 cm³/mol. The number of hydrogen-bond acceptors (Lipinski definition) is 1. The first kappa shape index (κ1) is 10.2. The van der Waals surface area contributed by atoms with Gasteiger partial charge in [0.2, 0.25) is 0 Å². The summed E-state index contributed by atoms with van der Waals surface area (Å²) >= 11 is 0. The molecule has 0 spiro atoms. The highest BCUT2D eigenvalue weighted by Crippen LogP contribution is 2.30. The van der Waals surface area contributed by atoms with E-state index in [-0.39, 0.29) is 0 Å². The van der Waals surface area contributed by atoms with Crippen LogP contribution in [0.15, 0.2) is 16.7 Å². The second-order valence-electron chi connectivity index (χ2n) is 3.40. The van der Waals surface area contributed by atoms with Crippen LogP contribution in [0, 0.1) is 5.92 Å². The van der Waals surface area contributed by atoms with Gasteiger partial charge in [0.05, 0.1) is 5.56 Å². The highest BCUT2D eigenvalue weighted by Gasteiger charge is 2.32. The highest BCUT2D eigenvalue weighted by molar-refractivity contribution is 5.16. The zero-order chi connectivity index (χ0) is 10.1. The van der Waals surface area contributed by atoms with Gasteiger partial charge in [0, 0.05) is 6.42 Å². The Morgan fingerprint density at radius 3 is 2.38 bits per heavy atom. The molecule has 0 radical (unpaired) electrons. The van der Waals surface area contributed by atoms with Crippen molar-refractivity contribution in [2.24, 2.45) is 5.92 Å². The van der Waals surface area contributed by atoms with Crippen LogP contribution in [-0.4, -0.2) is 0 Å². The first-order valence-corrected chi connectivity index (χ1v) is 4.04. The third kappa shape index (κ3) is 2.79. The lowest BCUT2D eigenvalue weighted by Gasteiger charge is -2.00. The van der Waals surface area contributed by atoms with Gasteiger partial charge >= 0.3 is 6.18 Å². The Kier molecular flexibility index (Phi) is 2.68. The monoisotopic (exact) mass is 192 g/mol. The molecule has 1 heterocycles. The maximum Gasteiger partial charge on any atom is 0.419 e. The summed E-state index contributed by atoms with van der Waals surface area (Å²) in [6.07, 6.45) is -2.99. The lowest BCUT2D eigenvalue weighted by atomic mass is 10.1. The van der Waals surface area contributed by atoms with Crippen LogP contribution in [-0.2, 0) is 12.6 Å². The van der Waals surface area contributed by atoms with Gasteiger partial charge in [-0.15, -0.1) is 0 Å². The molecular weight excluding hydrogens is 181 g/mol. The van der Waals surface area contributed by atoms with Gasteiger partial charge in [-0.1, -0.05) is 13.8 Å². The number of halogens is 3. The predicted octanol–water partition coefficient (Wildman–Crippen LogP) is 3.50. The van der Waals surface area contributed by atoms with E-state index in [0.717, 1.165) is 12.3 Å². The van der Waals surface area contributed by atoms with Crippen molar-refractivity contribution in [1.82, 2.24) is 0 Å². The maximum absolute atomic E-state index is 12.1. The van der Waals surface area contributed by atoms with Gasteiger partial charge in [-0.05, 0) is 12.0 Å². The van der Waals surface area contributed by atoms with Crippen LogP contribution < -0.4 is 0 Å². The van der Waals surface area contributed by atoms with E-state index in [4.69, 9.17) is 4.42 Å². The zero-order valence-electron chi connectivity index (χ0n) is 7.48. The van der Waals surface area contributed by atoms with E-state index in [0.29, 0.717) is 18.1 Å². The molecule has 1 nitrogen and oxygen atoms in total. The Morgan fingerprint density at radius 1 is 1.38 bits per heavy atom. The van der Waals surface area contributed by atoms with E-state index in [1.54, 1.807) is 0 Å². The molecule has 74 valence electrons. The van der Waals surface area contributed by atoms with Gasteiger partial charge in [-0.2, -0.15) is 13.2 Å². The average Bonchev–Trinajstić information content (AvgIpc) is 2.32. The summed E-state index contributed by atoms with van der Waals surface area (Å²) in [7, 11) is 0. The molecule has 13 heavy (non-hydrogen) atoms. The Labute approximate surface area is 74.5 Å². The van der Waals surface area contributed by atoms with E-state index in [1.807, 2.05) is 13.8 Å². The molecule has 0 aliphatic heterocycles. The molecule has 0 aliphatic carbocycles. The van der Waals surface area contributed by atoms with Crippen molar-refractivity contribution in [2.45, 2.75) is 26.4 Å². The molecule has 0 aliphatic rings. The highest BCUT2D eigenvalue weighted by atomic mass is 19.4. The Balaban J connectivity index is 2.75. The molecule has 0 saturated carbocycles. The van der Waals surface area contributed by atoms with Crippen LogP contribution in [0.5, 0.6) is 0 Å². The number of hydrogen-bond donors (Lipinski definition) is 0. The fraction of sp³-hybridized carbons (Fsp3) is 0.556. The second-order valence-corrected chi connectivity index (χ2v) is 3.40. The number of alkyl halides is 3. The summed E-state index contributed by atoms with van der Waals surface area (Å²) in [6.45, 7) is 3.85. The molecule has 1 aromatic rings. The summed E-state index contributed by atoms with van der Waals surface area (Å²) < 4.78 is 41.0. The molecule has 0 N–H and O–H groups in total. The Bertz CT molecular complexity index is 273. The third-order valence-corrected chi connectivity index (χ3v) is 1.59. The van der Waals surface area contributed by atoms with Crippen LogP contribution in [0.3, 0.4) is 0 Å². The fourth-order valence-corrected chi connectivity index (χ4v) is 1.04.